The summed E-state index contributed by atoms with van der Waals surface area (Å²) in [6.07, 6.45) is 0. The predicted octanol–water partition coefficient (Wildman–Crippen LogP) is 2.25. The number of aryl methyl sites for hydroxylation is 1. The number of phenolic OH excluding ortho intramolecular Hbond substituents is 1. The lowest BCUT2D eigenvalue weighted by atomic mass is 10.1. The Balaban J connectivity index is 2.36. The zero-order chi connectivity index (χ0) is 14.9. The minimum Gasteiger partial charge on any atom is -0.507 e. The number of nitrogens with zero attached hydrogens (tertiary/aromatic N) is 1. The van der Waals surface area contributed by atoms with Crippen molar-refractivity contribution in [2.75, 3.05) is 5.32 Å². The fourth-order valence-electron chi connectivity index (χ4n) is 1.61. The van der Waals surface area contributed by atoms with Gasteiger partial charge in [-0.2, -0.15) is 4.37 Å². The number of aromatic hydroxyl groups is 1. The zero-order valence-corrected chi connectivity index (χ0v) is 11.0. The standard InChI is InChI=1S/C12H9FN2O4S/c1-5-8(12(18)19)11(20-15-5)14-10(17)9-6(13)3-2-4-7(9)16/h2-4,16H,1H3,(H,14,17)(H,18,19). The van der Waals surface area contributed by atoms with Gasteiger partial charge in [0.15, 0.2) is 0 Å². The van der Waals surface area contributed by atoms with Crippen molar-refractivity contribution in [1.82, 2.24) is 4.37 Å². The van der Waals surface area contributed by atoms with Crippen molar-refractivity contribution in [2.45, 2.75) is 6.92 Å². The van der Waals surface area contributed by atoms with E-state index in [1.165, 1.54) is 13.0 Å². The molecule has 2 aromatic rings. The van der Waals surface area contributed by atoms with E-state index in [1.54, 1.807) is 0 Å². The van der Waals surface area contributed by atoms with E-state index in [1.807, 2.05) is 0 Å². The summed E-state index contributed by atoms with van der Waals surface area (Å²) in [6, 6.07) is 3.43. The highest BCUT2D eigenvalue weighted by Gasteiger charge is 2.22. The lowest BCUT2D eigenvalue weighted by molar-refractivity contribution is 0.0697. The van der Waals surface area contributed by atoms with E-state index in [4.69, 9.17) is 5.11 Å². The molecular weight excluding hydrogens is 287 g/mol. The average Bonchev–Trinajstić information content (AvgIpc) is 2.70. The molecule has 1 amide bonds. The maximum Gasteiger partial charge on any atom is 0.340 e. The van der Waals surface area contributed by atoms with Gasteiger partial charge in [0.2, 0.25) is 0 Å². The van der Waals surface area contributed by atoms with E-state index in [-0.39, 0.29) is 16.3 Å². The molecule has 0 radical (unpaired) electrons. The summed E-state index contributed by atoms with van der Waals surface area (Å²) in [5.41, 5.74) is -0.454. The van der Waals surface area contributed by atoms with Crippen LogP contribution in [-0.4, -0.2) is 26.5 Å². The second kappa shape index (κ2) is 5.25. The number of carboxylic acid groups (broad SMARTS) is 1. The fraction of sp³-hybridized carbons (Fsp3) is 0.0833. The first-order valence-corrected chi connectivity index (χ1v) is 6.17. The van der Waals surface area contributed by atoms with E-state index in [0.717, 1.165) is 23.7 Å². The maximum absolute atomic E-state index is 13.5. The molecule has 8 heteroatoms. The van der Waals surface area contributed by atoms with Gasteiger partial charge in [-0.25, -0.2) is 9.18 Å². The summed E-state index contributed by atoms with van der Waals surface area (Å²) in [4.78, 5) is 23.0. The number of benzene rings is 1. The lowest BCUT2D eigenvalue weighted by Crippen LogP contribution is -2.15. The average molecular weight is 296 g/mol. The van der Waals surface area contributed by atoms with E-state index < -0.39 is 29.0 Å². The first kappa shape index (κ1) is 13.9. The molecule has 0 aliphatic carbocycles. The van der Waals surface area contributed by atoms with Gasteiger partial charge in [0.05, 0.1) is 5.69 Å². The number of halogens is 1. The van der Waals surface area contributed by atoms with Gasteiger partial charge in [-0.05, 0) is 30.6 Å². The van der Waals surface area contributed by atoms with E-state index in [0.29, 0.717) is 0 Å². The van der Waals surface area contributed by atoms with Crippen LogP contribution in [0.15, 0.2) is 18.2 Å². The van der Waals surface area contributed by atoms with Crippen LogP contribution >= 0.6 is 11.5 Å². The van der Waals surface area contributed by atoms with Gasteiger partial charge in [-0.1, -0.05) is 6.07 Å². The predicted molar refractivity (Wildman–Crippen MR) is 69.8 cm³/mol. The van der Waals surface area contributed by atoms with Crippen molar-refractivity contribution in [3.63, 3.8) is 0 Å². The smallest absolute Gasteiger partial charge is 0.340 e. The van der Waals surface area contributed by atoms with Gasteiger partial charge in [0.25, 0.3) is 5.91 Å². The van der Waals surface area contributed by atoms with Gasteiger partial charge >= 0.3 is 5.97 Å². The number of phenols is 1. The molecular formula is C12H9FN2O4S. The molecule has 1 heterocycles. The Hall–Kier alpha value is -2.48. The van der Waals surface area contributed by atoms with Crippen LogP contribution in [0.2, 0.25) is 0 Å². The number of carboxylic acids is 1. The summed E-state index contributed by atoms with van der Waals surface area (Å²) in [5.74, 6) is -3.61. The van der Waals surface area contributed by atoms with Gasteiger partial charge in [0, 0.05) is 0 Å². The number of aromatic nitrogens is 1. The number of nitrogens with one attached hydrogen (secondary N) is 1. The molecule has 0 aliphatic rings. The van der Waals surface area contributed by atoms with Crippen molar-refractivity contribution in [2.24, 2.45) is 0 Å². The molecule has 0 aliphatic heterocycles. The monoisotopic (exact) mass is 296 g/mol. The second-order valence-electron chi connectivity index (χ2n) is 3.87. The minimum absolute atomic E-state index is 0.0114. The van der Waals surface area contributed by atoms with Crippen LogP contribution in [0.3, 0.4) is 0 Å². The highest BCUT2D eigenvalue weighted by atomic mass is 32.1. The van der Waals surface area contributed by atoms with Crippen LogP contribution in [0.1, 0.15) is 26.4 Å². The summed E-state index contributed by atoms with van der Waals surface area (Å²) in [6.45, 7) is 1.48. The molecule has 104 valence electrons. The van der Waals surface area contributed by atoms with Crippen LogP contribution in [0.4, 0.5) is 9.39 Å². The van der Waals surface area contributed by atoms with Gasteiger partial charge in [-0.3, -0.25) is 4.79 Å². The molecule has 0 unspecified atom stereocenters. The summed E-state index contributed by atoms with van der Waals surface area (Å²) in [5, 5.41) is 20.7. The minimum atomic E-state index is -1.25. The van der Waals surface area contributed by atoms with Crippen molar-refractivity contribution in [3.8, 4) is 5.75 Å². The van der Waals surface area contributed by atoms with Crippen molar-refractivity contribution >= 4 is 28.4 Å². The molecule has 0 bridgehead atoms. The SMILES string of the molecule is Cc1nsc(NC(=O)c2c(O)cccc2F)c1C(=O)O. The summed E-state index contributed by atoms with van der Waals surface area (Å²) in [7, 11) is 0. The summed E-state index contributed by atoms with van der Waals surface area (Å²) < 4.78 is 17.3. The number of amides is 1. The Morgan fingerprint density at radius 1 is 1.35 bits per heavy atom. The Morgan fingerprint density at radius 2 is 2.05 bits per heavy atom. The van der Waals surface area contributed by atoms with Crippen molar-refractivity contribution in [3.05, 3.63) is 40.8 Å². The number of carbonyl (C=O) groups is 2. The molecule has 0 saturated carbocycles. The molecule has 3 N–H and O–H groups in total. The fourth-order valence-corrected chi connectivity index (χ4v) is 2.39. The third-order valence-corrected chi connectivity index (χ3v) is 3.38. The number of aromatic carboxylic acids is 1. The first-order chi connectivity index (χ1) is 9.41. The van der Waals surface area contributed by atoms with Crippen molar-refractivity contribution < 1.29 is 24.2 Å². The number of rotatable bonds is 3. The number of hydrogen-bond donors (Lipinski definition) is 3. The Kier molecular flexibility index (Phi) is 3.66. The van der Waals surface area contributed by atoms with Crippen LogP contribution < -0.4 is 5.32 Å². The molecule has 6 nitrogen and oxygen atoms in total. The largest absolute Gasteiger partial charge is 0.507 e. The second-order valence-corrected chi connectivity index (χ2v) is 4.64. The first-order valence-electron chi connectivity index (χ1n) is 5.40. The van der Waals surface area contributed by atoms with E-state index in [2.05, 4.69) is 9.69 Å². The Morgan fingerprint density at radius 3 is 2.65 bits per heavy atom. The molecule has 20 heavy (non-hydrogen) atoms. The number of carbonyl (C=O) groups excluding carboxylic acids is 1. The Labute approximate surface area is 116 Å². The molecule has 0 atom stereocenters. The van der Waals surface area contributed by atoms with E-state index in [9.17, 15) is 19.1 Å². The Bertz CT molecular complexity index is 679. The molecule has 0 fully saturated rings. The molecule has 0 spiro atoms. The van der Waals surface area contributed by atoms with Crippen LogP contribution in [0.5, 0.6) is 5.75 Å². The zero-order valence-electron chi connectivity index (χ0n) is 10.2. The molecule has 1 aromatic carbocycles. The van der Waals surface area contributed by atoms with Gasteiger partial charge < -0.3 is 15.5 Å². The lowest BCUT2D eigenvalue weighted by Gasteiger charge is -2.06. The number of hydrogen-bond acceptors (Lipinski definition) is 5. The quantitative estimate of drug-likeness (QED) is 0.806. The topological polar surface area (TPSA) is 99.5 Å². The van der Waals surface area contributed by atoms with Crippen LogP contribution in [-0.2, 0) is 0 Å². The van der Waals surface area contributed by atoms with Crippen molar-refractivity contribution in [1.29, 1.82) is 0 Å². The van der Waals surface area contributed by atoms with Crippen LogP contribution in [0.25, 0.3) is 0 Å². The molecule has 0 saturated heterocycles. The maximum atomic E-state index is 13.5. The molecule has 2 rings (SSSR count). The third-order valence-electron chi connectivity index (χ3n) is 2.52. The highest BCUT2D eigenvalue weighted by molar-refractivity contribution is 7.11. The third kappa shape index (κ3) is 2.45. The molecule has 1 aromatic heterocycles. The van der Waals surface area contributed by atoms with Gasteiger partial charge in [0.1, 0.15) is 27.7 Å². The van der Waals surface area contributed by atoms with Gasteiger partial charge in [-0.15, -0.1) is 0 Å². The highest BCUT2D eigenvalue weighted by Crippen LogP contribution is 2.27. The number of anilines is 1. The van der Waals surface area contributed by atoms with E-state index >= 15 is 0 Å². The summed E-state index contributed by atoms with van der Waals surface area (Å²) >= 11 is 0.772. The van der Waals surface area contributed by atoms with Crippen LogP contribution in [0, 0.1) is 12.7 Å². The normalized spacial score (nSPS) is 10.3.